The summed E-state index contributed by atoms with van der Waals surface area (Å²) in [5.41, 5.74) is 0. The van der Waals surface area contributed by atoms with Crippen LogP contribution in [0.3, 0.4) is 0 Å². The average molecular weight is 893 g/mol. The van der Waals surface area contributed by atoms with Gasteiger partial charge in [0.2, 0.25) is 0 Å². The molecule has 0 aromatic rings. The van der Waals surface area contributed by atoms with E-state index in [2.05, 4.69) is 93.7 Å². The van der Waals surface area contributed by atoms with Gasteiger partial charge in [-0.1, -0.05) is 222 Å². The molecule has 0 aromatic carbocycles. The lowest BCUT2D eigenvalue weighted by molar-refractivity contribution is -0.167. The van der Waals surface area contributed by atoms with Crippen LogP contribution in [0.25, 0.3) is 0 Å². The Morgan fingerprint density at radius 1 is 0.328 bits per heavy atom. The summed E-state index contributed by atoms with van der Waals surface area (Å²) in [5.74, 6) is -0.932. The summed E-state index contributed by atoms with van der Waals surface area (Å²) in [6.07, 6.45) is 66.0. The number of carbonyl (C=O) groups is 3. The van der Waals surface area contributed by atoms with E-state index in [4.69, 9.17) is 14.2 Å². The van der Waals surface area contributed by atoms with Crippen molar-refractivity contribution in [2.75, 3.05) is 13.2 Å². The molecule has 64 heavy (non-hydrogen) atoms. The van der Waals surface area contributed by atoms with Crippen LogP contribution in [-0.4, -0.2) is 37.2 Å². The zero-order valence-corrected chi connectivity index (χ0v) is 42.0. The van der Waals surface area contributed by atoms with Crippen LogP contribution in [0.2, 0.25) is 0 Å². The second-order valence-electron chi connectivity index (χ2n) is 17.8. The van der Waals surface area contributed by atoms with Crippen molar-refractivity contribution in [1.29, 1.82) is 0 Å². The van der Waals surface area contributed by atoms with Gasteiger partial charge in [-0.2, -0.15) is 0 Å². The molecule has 368 valence electrons. The van der Waals surface area contributed by atoms with Gasteiger partial charge in [-0.05, 0) is 89.9 Å². The molecule has 0 rings (SSSR count). The molecule has 0 N–H and O–H groups in total. The van der Waals surface area contributed by atoms with Crippen molar-refractivity contribution >= 4 is 17.9 Å². The second kappa shape index (κ2) is 52.5. The fraction of sp³-hybridized carbons (Fsp3) is 0.741. The van der Waals surface area contributed by atoms with Gasteiger partial charge in [0.15, 0.2) is 6.10 Å². The quantitative estimate of drug-likeness (QED) is 0.0199. The van der Waals surface area contributed by atoms with E-state index in [0.717, 1.165) is 103 Å². The molecule has 0 saturated heterocycles. The number of ether oxygens (including phenoxy) is 3. The number of unbranched alkanes of at least 4 members (excludes halogenated alkanes) is 28. The van der Waals surface area contributed by atoms with Crippen LogP contribution in [-0.2, 0) is 28.6 Å². The van der Waals surface area contributed by atoms with Crippen LogP contribution < -0.4 is 0 Å². The molecule has 6 heteroatoms. The summed E-state index contributed by atoms with van der Waals surface area (Å²) in [4.78, 5) is 38.0. The normalized spacial score (nSPS) is 12.6. The summed E-state index contributed by atoms with van der Waals surface area (Å²) in [6, 6.07) is 0. The largest absolute Gasteiger partial charge is 0.462 e. The van der Waals surface area contributed by atoms with E-state index < -0.39 is 6.10 Å². The van der Waals surface area contributed by atoms with E-state index in [1.165, 1.54) is 116 Å². The Balaban J connectivity index is 4.43. The maximum Gasteiger partial charge on any atom is 0.306 e. The van der Waals surface area contributed by atoms with Crippen LogP contribution >= 0.6 is 0 Å². The summed E-state index contributed by atoms with van der Waals surface area (Å²) in [5, 5.41) is 0. The smallest absolute Gasteiger partial charge is 0.306 e. The van der Waals surface area contributed by atoms with Crippen molar-refractivity contribution in [1.82, 2.24) is 0 Å². The molecule has 0 aromatic heterocycles. The van der Waals surface area contributed by atoms with Gasteiger partial charge >= 0.3 is 17.9 Å². The lowest BCUT2D eigenvalue weighted by Crippen LogP contribution is -2.30. The molecule has 0 radical (unpaired) electrons. The molecule has 1 unspecified atom stereocenters. The number of esters is 3. The first-order chi connectivity index (χ1) is 31.5. The Kier molecular flexibility index (Phi) is 49.9. The number of hydrogen-bond donors (Lipinski definition) is 0. The molecule has 0 aliphatic heterocycles. The van der Waals surface area contributed by atoms with E-state index >= 15 is 0 Å². The van der Waals surface area contributed by atoms with Crippen molar-refractivity contribution in [3.8, 4) is 0 Å². The Morgan fingerprint density at radius 3 is 1.02 bits per heavy atom. The van der Waals surface area contributed by atoms with E-state index in [9.17, 15) is 14.4 Å². The molecule has 0 aliphatic carbocycles. The first-order valence-electron chi connectivity index (χ1n) is 27.0. The van der Waals surface area contributed by atoms with Crippen LogP contribution in [0.1, 0.15) is 258 Å². The molecule has 0 fully saturated rings. The van der Waals surface area contributed by atoms with Gasteiger partial charge in [0.25, 0.3) is 0 Å². The van der Waals surface area contributed by atoms with Gasteiger partial charge in [0.1, 0.15) is 13.2 Å². The third-order valence-electron chi connectivity index (χ3n) is 11.5. The van der Waals surface area contributed by atoms with E-state index in [1.54, 1.807) is 0 Å². The highest BCUT2D eigenvalue weighted by Gasteiger charge is 2.19. The summed E-state index contributed by atoms with van der Waals surface area (Å²) >= 11 is 0. The van der Waals surface area contributed by atoms with E-state index in [0.29, 0.717) is 19.3 Å². The molecule has 1 atom stereocenters. The topological polar surface area (TPSA) is 78.9 Å². The third kappa shape index (κ3) is 49.9. The minimum Gasteiger partial charge on any atom is -0.462 e. The number of rotatable bonds is 48. The Bertz CT molecular complexity index is 1210. The van der Waals surface area contributed by atoms with Gasteiger partial charge in [-0.3, -0.25) is 14.4 Å². The highest BCUT2D eigenvalue weighted by Crippen LogP contribution is 2.14. The van der Waals surface area contributed by atoms with Crippen LogP contribution in [0.15, 0.2) is 72.9 Å². The van der Waals surface area contributed by atoms with Gasteiger partial charge in [0, 0.05) is 19.3 Å². The lowest BCUT2D eigenvalue weighted by atomic mass is 10.1. The van der Waals surface area contributed by atoms with Crippen molar-refractivity contribution in [2.45, 2.75) is 264 Å². The predicted octanol–water partition coefficient (Wildman–Crippen LogP) is 17.8. The minimum absolute atomic E-state index is 0.0931. The van der Waals surface area contributed by atoms with Crippen LogP contribution in [0.5, 0.6) is 0 Å². The number of hydrogen-bond acceptors (Lipinski definition) is 6. The summed E-state index contributed by atoms with van der Waals surface area (Å²) in [7, 11) is 0. The van der Waals surface area contributed by atoms with Crippen LogP contribution in [0, 0.1) is 0 Å². The summed E-state index contributed by atoms with van der Waals surface area (Å²) < 4.78 is 16.8. The van der Waals surface area contributed by atoms with E-state index in [1.807, 2.05) is 0 Å². The molecule has 0 spiro atoms. The molecule has 0 heterocycles. The molecule has 0 amide bonds. The monoisotopic (exact) mass is 893 g/mol. The molecular weight excluding hydrogens is 793 g/mol. The van der Waals surface area contributed by atoms with Crippen molar-refractivity contribution in [2.24, 2.45) is 0 Å². The number of carbonyl (C=O) groups excluding carboxylic acids is 3. The van der Waals surface area contributed by atoms with E-state index in [-0.39, 0.29) is 31.1 Å². The van der Waals surface area contributed by atoms with Crippen molar-refractivity contribution in [3.05, 3.63) is 72.9 Å². The third-order valence-corrected chi connectivity index (χ3v) is 11.5. The first-order valence-corrected chi connectivity index (χ1v) is 27.0. The fourth-order valence-corrected chi connectivity index (χ4v) is 7.43. The predicted molar refractivity (Wildman–Crippen MR) is 274 cm³/mol. The molecule has 0 bridgehead atoms. The Hall–Kier alpha value is -3.15. The van der Waals surface area contributed by atoms with Gasteiger partial charge < -0.3 is 14.2 Å². The van der Waals surface area contributed by atoms with Crippen molar-refractivity contribution in [3.63, 3.8) is 0 Å². The first kappa shape index (κ1) is 60.9. The fourth-order valence-electron chi connectivity index (χ4n) is 7.43. The lowest BCUT2D eigenvalue weighted by Gasteiger charge is -2.18. The maximum atomic E-state index is 12.8. The molecule has 0 saturated carbocycles. The Morgan fingerprint density at radius 2 is 0.625 bits per heavy atom. The van der Waals surface area contributed by atoms with Crippen molar-refractivity contribution < 1.29 is 28.6 Å². The highest BCUT2D eigenvalue weighted by atomic mass is 16.6. The number of allylic oxidation sites excluding steroid dienone is 12. The maximum absolute atomic E-state index is 12.8. The molecule has 6 nitrogen and oxygen atoms in total. The Labute approximate surface area is 395 Å². The molecular formula is C58H100O6. The zero-order valence-electron chi connectivity index (χ0n) is 42.0. The summed E-state index contributed by atoms with van der Waals surface area (Å²) in [6.45, 7) is 6.47. The molecule has 0 aliphatic rings. The SMILES string of the molecule is CC\C=C/C=C\C=C/CCCCCCCCCC(=O)OC(COC(=O)CCCCC/C=C\CCCCCCCC)COC(=O)CCCCCCC/C=C\C=C/CCCCCCCCC. The highest BCUT2D eigenvalue weighted by molar-refractivity contribution is 5.71. The second-order valence-corrected chi connectivity index (χ2v) is 17.8. The zero-order chi connectivity index (χ0) is 46.5. The average Bonchev–Trinajstić information content (AvgIpc) is 3.29. The van der Waals surface area contributed by atoms with Gasteiger partial charge in [-0.25, -0.2) is 0 Å². The van der Waals surface area contributed by atoms with Gasteiger partial charge in [-0.15, -0.1) is 0 Å². The minimum atomic E-state index is -0.794. The van der Waals surface area contributed by atoms with Gasteiger partial charge in [0.05, 0.1) is 0 Å². The standard InChI is InChI=1S/C58H100O6/c1-4-7-10-13-16-19-22-25-27-28-29-31-33-36-39-42-45-48-51-57(60)63-54-55(53-62-56(59)50-47-44-41-38-35-32-24-21-18-15-12-9-6-3)64-58(61)52-49-46-43-40-37-34-30-26-23-20-17-14-11-8-5-2/h8,11,14,17,20,23,27-29,31-32,35,55H,4-7,9-10,12-13,15-16,18-19,21-22,24-26,30,33-34,36-54H2,1-3H3/b11-8-,17-14-,23-20-,28-27-,31-29-,35-32-. The van der Waals surface area contributed by atoms with Crippen LogP contribution in [0.4, 0.5) is 0 Å².